The maximum absolute atomic E-state index is 12.3. The monoisotopic (exact) mass is 367 g/mol. The van der Waals surface area contributed by atoms with Gasteiger partial charge in [-0.1, -0.05) is 30.3 Å². The number of nitrogens with one attached hydrogen (secondary N) is 2. The minimum absolute atomic E-state index is 0.161. The number of pyridine rings is 1. The first kappa shape index (κ1) is 17.4. The molecule has 2 aromatic heterocycles. The topological polar surface area (TPSA) is 79.8 Å². The number of benzene rings is 2. The van der Waals surface area contributed by atoms with Crippen molar-refractivity contribution in [3.8, 4) is 11.4 Å². The van der Waals surface area contributed by atoms with Crippen LogP contribution in [-0.2, 0) is 0 Å². The van der Waals surface area contributed by atoms with Crippen LogP contribution < -0.4 is 10.6 Å². The Labute approximate surface area is 162 Å². The van der Waals surface area contributed by atoms with Crippen LogP contribution in [0.1, 0.15) is 10.4 Å². The van der Waals surface area contributed by atoms with Crippen LogP contribution in [-0.4, -0.2) is 20.9 Å². The number of amides is 1. The average Bonchev–Trinajstić information content (AvgIpc) is 2.75. The minimum Gasteiger partial charge on any atom is -0.324 e. The molecular formula is C22H17N5O. The molecule has 28 heavy (non-hydrogen) atoms. The number of anilines is 3. The summed E-state index contributed by atoms with van der Waals surface area (Å²) in [6, 6.07) is 24.0. The number of carbonyl (C=O) groups is 1. The van der Waals surface area contributed by atoms with E-state index < -0.39 is 0 Å². The minimum atomic E-state index is -0.161. The highest BCUT2D eigenvalue weighted by Gasteiger charge is 2.07. The molecule has 136 valence electrons. The Bertz CT molecular complexity index is 1080. The Morgan fingerprint density at radius 2 is 1.54 bits per heavy atom. The standard InChI is InChI=1S/C22H17N5O/c28-21(16-7-2-1-3-8-16)25-17-9-6-10-18(15-17)26-22-24-14-12-20(27-22)19-11-4-5-13-23-19/h1-15H,(H,25,28)(H,24,26,27). The van der Waals surface area contributed by atoms with Gasteiger partial charge in [-0.15, -0.1) is 0 Å². The van der Waals surface area contributed by atoms with E-state index in [2.05, 4.69) is 25.6 Å². The first-order valence-corrected chi connectivity index (χ1v) is 8.76. The highest BCUT2D eigenvalue weighted by molar-refractivity contribution is 6.04. The van der Waals surface area contributed by atoms with Gasteiger partial charge in [-0.25, -0.2) is 9.97 Å². The number of nitrogens with zero attached hydrogens (tertiary/aromatic N) is 3. The highest BCUT2D eigenvalue weighted by atomic mass is 16.1. The zero-order valence-corrected chi connectivity index (χ0v) is 14.9. The van der Waals surface area contributed by atoms with E-state index in [1.54, 1.807) is 24.5 Å². The summed E-state index contributed by atoms with van der Waals surface area (Å²) in [5.41, 5.74) is 3.56. The molecule has 0 radical (unpaired) electrons. The van der Waals surface area contributed by atoms with Crippen LogP contribution in [0.2, 0.25) is 0 Å². The third-order valence-electron chi connectivity index (χ3n) is 4.00. The molecule has 0 bridgehead atoms. The van der Waals surface area contributed by atoms with E-state index >= 15 is 0 Å². The Morgan fingerprint density at radius 1 is 0.714 bits per heavy atom. The molecule has 4 rings (SSSR count). The van der Waals surface area contributed by atoms with Crippen molar-refractivity contribution >= 4 is 23.2 Å². The fraction of sp³-hybridized carbons (Fsp3) is 0. The summed E-state index contributed by atoms with van der Waals surface area (Å²) < 4.78 is 0. The lowest BCUT2D eigenvalue weighted by atomic mass is 10.2. The van der Waals surface area contributed by atoms with E-state index in [-0.39, 0.29) is 5.91 Å². The molecule has 0 aliphatic carbocycles. The second-order valence-electron chi connectivity index (χ2n) is 6.01. The molecular weight excluding hydrogens is 350 g/mol. The molecule has 0 saturated carbocycles. The van der Waals surface area contributed by atoms with Crippen LogP contribution in [0.4, 0.5) is 17.3 Å². The zero-order chi connectivity index (χ0) is 19.2. The van der Waals surface area contributed by atoms with Gasteiger partial charge >= 0.3 is 0 Å². The SMILES string of the molecule is O=C(Nc1cccc(Nc2nccc(-c3ccccn3)n2)c1)c1ccccc1. The van der Waals surface area contributed by atoms with Crippen LogP contribution >= 0.6 is 0 Å². The van der Waals surface area contributed by atoms with E-state index in [1.807, 2.05) is 66.7 Å². The fourth-order valence-electron chi connectivity index (χ4n) is 2.67. The Morgan fingerprint density at radius 3 is 2.36 bits per heavy atom. The van der Waals surface area contributed by atoms with E-state index in [0.29, 0.717) is 17.2 Å². The molecule has 6 heteroatoms. The lowest BCUT2D eigenvalue weighted by Gasteiger charge is -2.09. The third kappa shape index (κ3) is 4.19. The first-order chi connectivity index (χ1) is 13.8. The van der Waals surface area contributed by atoms with Crippen molar-refractivity contribution in [3.05, 3.63) is 96.8 Å². The molecule has 0 unspecified atom stereocenters. The van der Waals surface area contributed by atoms with Gasteiger partial charge in [0.1, 0.15) is 0 Å². The summed E-state index contributed by atoms with van der Waals surface area (Å²) in [7, 11) is 0. The molecule has 6 nitrogen and oxygen atoms in total. The molecule has 1 amide bonds. The van der Waals surface area contributed by atoms with E-state index in [0.717, 1.165) is 17.1 Å². The van der Waals surface area contributed by atoms with Gasteiger partial charge < -0.3 is 10.6 Å². The van der Waals surface area contributed by atoms with Crippen molar-refractivity contribution in [2.24, 2.45) is 0 Å². The molecule has 2 aromatic carbocycles. The van der Waals surface area contributed by atoms with Gasteiger partial charge in [-0.2, -0.15) is 0 Å². The van der Waals surface area contributed by atoms with Gasteiger partial charge in [0.05, 0.1) is 11.4 Å². The number of hydrogen-bond donors (Lipinski definition) is 2. The van der Waals surface area contributed by atoms with Gasteiger partial charge in [-0.3, -0.25) is 9.78 Å². The summed E-state index contributed by atoms with van der Waals surface area (Å²) in [6.07, 6.45) is 3.41. The van der Waals surface area contributed by atoms with Crippen molar-refractivity contribution in [2.45, 2.75) is 0 Å². The second-order valence-corrected chi connectivity index (χ2v) is 6.01. The van der Waals surface area contributed by atoms with Crippen LogP contribution in [0.15, 0.2) is 91.3 Å². The van der Waals surface area contributed by atoms with Crippen molar-refractivity contribution in [1.82, 2.24) is 15.0 Å². The predicted octanol–water partition coefficient (Wildman–Crippen LogP) is 4.53. The largest absolute Gasteiger partial charge is 0.324 e. The van der Waals surface area contributed by atoms with Crippen LogP contribution in [0.25, 0.3) is 11.4 Å². The highest BCUT2D eigenvalue weighted by Crippen LogP contribution is 2.20. The summed E-state index contributed by atoms with van der Waals surface area (Å²) in [6.45, 7) is 0. The number of aromatic nitrogens is 3. The molecule has 0 spiro atoms. The lowest BCUT2D eigenvalue weighted by Crippen LogP contribution is -2.11. The van der Waals surface area contributed by atoms with Gasteiger partial charge in [0.2, 0.25) is 5.95 Å². The van der Waals surface area contributed by atoms with E-state index in [9.17, 15) is 4.79 Å². The van der Waals surface area contributed by atoms with Crippen LogP contribution in [0.5, 0.6) is 0 Å². The van der Waals surface area contributed by atoms with E-state index in [1.165, 1.54) is 0 Å². The molecule has 0 aliphatic heterocycles. The van der Waals surface area contributed by atoms with Crippen LogP contribution in [0.3, 0.4) is 0 Å². The lowest BCUT2D eigenvalue weighted by molar-refractivity contribution is 0.102. The summed E-state index contributed by atoms with van der Waals surface area (Å²) in [5, 5.41) is 6.06. The second kappa shape index (κ2) is 8.09. The van der Waals surface area contributed by atoms with Crippen molar-refractivity contribution < 1.29 is 4.79 Å². The molecule has 4 aromatic rings. The van der Waals surface area contributed by atoms with Gasteiger partial charge in [0, 0.05) is 29.3 Å². The summed E-state index contributed by atoms with van der Waals surface area (Å²) in [5.74, 6) is 0.292. The quantitative estimate of drug-likeness (QED) is 0.541. The molecule has 2 N–H and O–H groups in total. The fourth-order valence-corrected chi connectivity index (χ4v) is 2.67. The number of rotatable bonds is 5. The van der Waals surface area contributed by atoms with Crippen LogP contribution in [0, 0.1) is 0 Å². The molecule has 0 atom stereocenters. The van der Waals surface area contributed by atoms with Gasteiger partial charge in [0.25, 0.3) is 5.91 Å². The molecule has 2 heterocycles. The Kier molecular flexibility index (Phi) is 5.02. The maximum Gasteiger partial charge on any atom is 0.255 e. The summed E-state index contributed by atoms with van der Waals surface area (Å²) in [4.78, 5) is 25.4. The van der Waals surface area contributed by atoms with Gasteiger partial charge in [-0.05, 0) is 48.5 Å². The summed E-state index contributed by atoms with van der Waals surface area (Å²) >= 11 is 0. The van der Waals surface area contributed by atoms with Crippen molar-refractivity contribution in [1.29, 1.82) is 0 Å². The predicted molar refractivity (Wildman–Crippen MR) is 109 cm³/mol. The molecule has 0 saturated heterocycles. The van der Waals surface area contributed by atoms with Crippen molar-refractivity contribution in [3.63, 3.8) is 0 Å². The third-order valence-corrected chi connectivity index (χ3v) is 4.00. The smallest absolute Gasteiger partial charge is 0.255 e. The number of hydrogen-bond acceptors (Lipinski definition) is 5. The maximum atomic E-state index is 12.3. The number of carbonyl (C=O) groups excluding carboxylic acids is 1. The van der Waals surface area contributed by atoms with Gasteiger partial charge in [0.15, 0.2) is 0 Å². The molecule has 0 fully saturated rings. The van der Waals surface area contributed by atoms with Crippen molar-refractivity contribution in [2.75, 3.05) is 10.6 Å². The first-order valence-electron chi connectivity index (χ1n) is 8.76. The van der Waals surface area contributed by atoms with E-state index in [4.69, 9.17) is 0 Å². The molecule has 0 aliphatic rings. The zero-order valence-electron chi connectivity index (χ0n) is 14.9. The Hall–Kier alpha value is -4.06. The Balaban J connectivity index is 1.50. The average molecular weight is 367 g/mol. The normalized spacial score (nSPS) is 10.3.